The second kappa shape index (κ2) is 4.40. The Morgan fingerprint density at radius 1 is 1.31 bits per heavy atom. The molecular weight excluding hydrogens is 172 g/mol. The van der Waals surface area contributed by atoms with E-state index in [1.165, 1.54) is 0 Å². The smallest absolute Gasteiger partial charge is 0.113 e. The van der Waals surface area contributed by atoms with Crippen LogP contribution >= 0.6 is 0 Å². The molecule has 1 aromatic rings. The molecule has 0 spiro atoms. The second-order valence-electron chi connectivity index (χ2n) is 3.46. The van der Waals surface area contributed by atoms with Crippen LogP contribution in [0.5, 0.6) is 0 Å². The minimum absolute atomic E-state index is 0.301. The van der Waals surface area contributed by atoms with Crippen LogP contribution in [0.4, 0.5) is 8.78 Å². The van der Waals surface area contributed by atoms with Gasteiger partial charge in [-0.1, -0.05) is 13.8 Å². The Labute approximate surface area is 77.4 Å². The fourth-order valence-electron chi connectivity index (χ4n) is 1.42. The average molecular weight is 187 g/mol. The van der Waals surface area contributed by atoms with E-state index in [2.05, 4.69) is 0 Å². The van der Waals surface area contributed by atoms with Crippen molar-refractivity contribution in [3.05, 3.63) is 24.0 Å². The zero-order chi connectivity index (χ0) is 9.84. The summed E-state index contributed by atoms with van der Waals surface area (Å²) < 4.78 is 26.5. The molecule has 0 radical (unpaired) electrons. The topological polar surface area (TPSA) is 4.93 Å². The van der Waals surface area contributed by atoms with Crippen LogP contribution in [0.15, 0.2) is 18.3 Å². The SMILES string of the molecule is CC(C)c1cccn1C(CF)CF. The minimum Gasteiger partial charge on any atom is -0.343 e. The molecule has 0 saturated carbocycles. The summed E-state index contributed by atoms with van der Waals surface area (Å²) in [6.45, 7) is 2.73. The van der Waals surface area contributed by atoms with E-state index in [4.69, 9.17) is 0 Å². The van der Waals surface area contributed by atoms with Crippen molar-refractivity contribution in [2.24, 2.45) is 0 Å². The van der Waals surface area contributed by atoms with Gasteiger partial charge < -0.3 is 4.57 Å². The molecule has 74 valence electrons. The third-order valence-corrected chi connectivity index (χ3v) is 2.15. The lowest BCUT2D eigenvalue weighted by Crippen LogP contribution is -2.15. The van der Waals surface area contributed by atoms with Crippen LogP contribution in [0.2, 0.25) is 0 Å². The highest BCUT2D eigenvalue weighted by molar-refractivity contribution is 5.12. The third-order valence-electron chi connectivity index (χ3n) is 2.15. The summed E-state index contributed by atoms with van der Waals surface area (Å²) in [5.41, 5.74) is 0.986. The predicted octanol–water partition coefficient (Wildman–Crippen LogP) is 3.09. The van der Waals surface area contributed by atoms with Gasteiger partial charge in [0.05, 0.1) is 6.04 Å². The summed E-state index contributed by atoms with van der Waals surface area (Å²) >= 11 is 0. The zero-order valence-corrected chi connectivity index (χ0v) is 8.00. The van der Waals surface area contributed by atoms with Gasteiger partial charge in [0, 0.05) is 11.9 Å². The van der Waals surface area contributed by atoms with Gasteiger partial charge in [0.25, 0.3) is 0 Å². The molecule has 0 N–H and O–H groups in total. The summed E-state index contributed by atoms with van der Waals surface area (Å²) in [6.07, 6.45) is 1.74. The number of nitrogens with zero attached hydrogens (tertiary/aromatic N) is 1. The molecule has 1 heterocycles. The molecule has 1 rings (SSSR count). The molecule has 1 aromatic heterocycles. The number of halogens is 2. The molecule has 3 heteroatoms. The van der Waals surface area contributed by atoms with Crippen LogP contribution in [0.1, 0.15) is 31.5 Å². The quantitative estimate of drug-likeness (QED) is 0.682. The summed E-state index contributed by atoms with van der Waals surface area (Å²) in [4.78, 5) is 0. The standard InChI is InChI=1S/C10H15F2N/c1-8(2)10-4-3-5-13(10)9(6-11)7-12/h3-5,8-9H,6-7H2,1-2H3. The second-order valence-corrected chi connectivity index (χ2v) is 3.46. The van der Waals surface area contributed by atoms with Crippen LogP contribution in [-0.4, -0.2) is 17.9 Å². The Balaban J connectivity index is 2.91. The molecule has 0 aliphatic carbocycles. The summed E-state index contributed by atoms with van der Waals surface area (Å²) in [6, 6.07) is 3.09. The van der Waals surface area contributed by atoms with Gasteiger partial charge in [0.1, 0.15) is 13.3 Å². The van der Waals surface area contributed by atoms with Gasteiger partial charge in [-0.15, -0.1) is 0 Å². The fourth-order valence-corrected chi connectivity index (χ4v) is 1.42. The lowest BCUT2D eigenvalue weighted by atomic mass is 10.1. The van der Waals surface area contributed by atoms with Crippen LogP contribution in [0.25, 0.3) is 0 Å². The first-order valence-corrected chi connectivity index (χ1v) is 4.49. The zero-order valence-electron chi connectivity index (χ0n) is 8.00. The molecule has 0 unspecified atom stereocenters. The molecule has 0 saturated heterocycles. The van der Waals surface area contributed by atoms with E-state index >= 15 is 0 Å². The number of aromatic nitrogens is 1. The van der Waals surface area contributed by atoms with Gasteiger partial charge in [0.2, 0.25) is 0 Å². The fraction of sp³-hybridized carbons (Fsp3) is 0.600. The van der Waals surface area contributed by atoms with E-state index in [0.717, 1.165) is 5.69 Å². The molecule has 0 bridgehead atoms. The van der Waals surface area contributed by atoms with Gasteiger partial charge in [0.15, 0.2) is 0 Å². The molecule has 0 atom stereocenters. The lowest BCUT2D eigenvalue weighted by Gasteiger charge is -2.17. The van der Waals surface area contributed by atoms with Crippen molar-refractivity contribution in [3.8, 4) is 0 Å². The summed E-state index contributed by atoms with van der Waals surface area (Å²) in [5, 5.41) is 0. The van der Waals surface area contributed by atoms with E-state index < -0.39 is 19.4 Å². The van der Waals surface area contributed by atoms with Gasteiger partial charge in [-0.25, -0.2) is 8.78 Å². The molecule has 0 aliphatic rings. The van der Waals surface area contributed by atoms with E-state index in [9.17, 15) is 8.78 Å². The van der Waals surface area contributed by atoms with Gasteiger partial charge >= 0.3 is 0 Å². The predicted molar refractivity (Wildman–Crippen MR) is 49.5 cm³/mol. The molecule has 0 aliphatic heterocycles. The van der Waals surface area contributed by atoms with Crippen LogP contribution < -0.4 is 0 Å². The molecule has 1 nitrogen and oxygen atoms in total. The first-order chi connectivity index (χ1) is 6.20. The van der Waals surface area contributed by atoms with Crippen molar-refractivity contribution < 1.29 is 8.78 Å². The molecule has 13 heavy (non-hydrogen) atoms. The Bertz CT molecular complexity index is 251. The van der Waals surface area contributed by atoms with Crippen molar-refractivity contribution in [2.45, 2.75) is 25.8 Å². The van der Waals surface area contributed by atoms with E-state index in [-0.39, 0.29) is 0 Å². The molecular formula is C10H15F2N. The van der Waals surface area contributed by atoms with Crippen LogP contribution in [0.3, 0.4) is 0 Å². The summed E-state index contributed by atoms with van der Waals surface area (Å²) in [5.74, 6) is 0.301. The first-order valence-electron chi connectivity index (χ1n) is 4.49. The maximum atomic E-state index is 12.4. The Morgan fingerprint density at radius 2 is 1.92 bits per heavy atom. The Kier molecular flexibility index (Phi) is 3.46. The largest absolute Gasteiger partial charge is 0.343 e. The highest BCUT2D eigenvalue weighted by Gasteiger charge is 2.14. The minimum atomic E-state index is -0.648. The van der Waals surface area contributed by atoms with Gasteiger partial charge in [-0.05, 0) is 18.1 Å². The van der Waals surface area contributed by atoms with Crippen molar-refractivity contribution >= 4 is 0 Å². The molecule has 0 amide bonds. The van der Waals surface area contributed by atoms with Crippen molar-refractivity contribution in [1.82, 2.24) is 4.57 Å². The highest BCUT2D eigenvalue weighted by atomic mass is 19.1. The maximum Gasteiger partial charge on any atom is 0.113 e. The van der Waals surface area contributed by atoms with Crippen molar-refractivity contribution in [2.75, 3.05) is 13.3 Å². The first kappa shape index (κ1) is 10.2. The van der Waals surface area contributed by atoms with Crippen molar-refractivity contribution in [3.63, 3.8) is 0 Å². The average Bonchev–Trinajstić information content (AvgIpc) is 2.55. The molecule has 0 fully saturated rings. The number of hydrogen-bond acceptors (Lipinski definition) is 0. The summed E-state index contributed by atoms with van der Waals surface area (Å²) in [7, 11) is 0. The normalized spacial score (nSPS) is 11.5. The van der Waals surface area contributed by atoms with Crippen molar-refractivity contribution in [1.29, 1.82) is 0 Å². The Hall–Kier alpha value is -0.860. The number of hydrogen-bond donors (Lipinski definition) is 0. The van der Waals surface area contributed by atoms with Crippen LogP contribution in [-0.2, 0) is 0 Å². The monoisotopic (exact) mass is 187 g/mol. The lowest BCUT2D eigenvalue weighted by molar-refractivity contribution is 0.283. The number of rotatable bonds is 4. The van der Waals surface area contributed by atoms with Crippen LogP contribution in [0, 0.1) is 0 Å². The van der Waals surface area contributed by atoms with Gasteiger partial charge in [-0.3, -0.25) is 0 Å². The Morgan fingerprint density at radius 3 is 2.38 bits per heavy atom. The number of alkyl halides is 2. The maximum absolute atomic E-state index is 12.4. The highest BCUT2D eigenvalue weighted by Crippen LogP contribution is 2.20. The van der Waals surface area contributed by atoms with E-state index in [1.54, 1.807) is 10.8 Å². The van der Waals surface area contributed by atoms with E-state index in [1.807, 2.05) is 26.0 Å². The van der Waals surface area contributed by atoms with E-state index in [0.29, 0.717) is 5.92 Å². The van der Waals surface area contributed by atoms with Gasteiger partial charge in [-0.2, -0.15) is 0 Å². The molecule has 0 aromatic carbocycles. The third kappa shape index (κ3) is 2.08.